The Kier molecular flexibility index (Phi) is 4.88. The van der Waals surface area contributed by atoms with Crippen molar-refractivity contribution in [1.82, 2.24) is 0 Å². The van der Waals surface area contributed by atoms with E-state index in [0.29, 0.717) is 0 Å². The number of allylic oxidation sites excluding steroid dienone is 2. The lowest BCUT2D eigenvalue weighted by molar-refractivity contribution is 0.310. The molecule has 0 bridgehead atoms. The van der Waals surface area contributed by atoms with Crippen molar-refractivity contribution in [3.63, 3.8) is 0 Å². The molecule has 0 atom stereocenters. The number of hydrogen-bond donors (Lipinski definition) is 0. The molecule has 0 N–H and O–H groups in total. The van der Waals surface area contributed by atoms with Crippen LogP contribution in [0.5, 0.6) is 5.75 Å². The summed E-state index contributed by atoms with van der Waals surface area (Å²) in [7, 11) is 0. The molecule has 0 fully saturated rings. The van der Waals surface area contributed by atoms with Gasteiger partial charge in [0.15, 0.2) is 0 Å². The summed E-state index contributed by atoms with van der Waals surface area (Å²) >= 11 is 0. The zero-order chi connectivity index (χ0) is 17.8. The topological polar surface area (TPSA) is 9.23 Å². The Morgan fingerprint density at radius 2 is 1.62 bits per heavy atom. The Labute approximate surface area is 155 Å². The van der Waals surface area contributed by atoms with Crippen molar-refractivity contribution in [2.24, 2.45) is 0 Å². The normalized spacial score (nSPS) is 14.1. The first-order valence-electron chi connectivity index (χ1n) is 9.50. The predicted octanol–water partition coefficient (Wildman–Crippen LogP) is 6.98. The highest BCUT2D eigenvalue weighted by atomic mass is 16.5. The maximum absolute atomic E-state index is 6.07. The van der Waals surface area contributed by atoms with Gasteiger partial charge in [0, 0.05) is 5.39 Å². The summed E-state index contributed by atoms with van der Waals surface area (Å²) in [6.45, 7) is 3.00. The molecule has 0 saturated carbocycles. The molecule has 3 aromatic rings. The summed E-state index contributed by atoms with van der Waals surface area (Å²) in [5.41, 5.74) is 5.09. The van der Waals surface area contributed by atoms with E-state index in [1.807, 2.05) is 0 Å². The maximum atomic E-state index is 6.07. The minimum Gasteiger partial charge on any atom is -0.493 e. The molecule has 130 valence electrons. The third kappa shape index (κ3) is 3.30. The van der Waals surface area contributed by atoms with Crippen molar-refractivity contribution < 1.29 is 4.74 Å². The summed E-state index contributed by atoms with van der Waals surface area (Å²) in [6, 6.07) is 21.4. The second-order valence-corrected chi connectivity index (χ2v) is 6.77. The second-order valence-electron chi connectivity index (χ2n) is 6.77. The Bertz CT molecular complexity index is 978. The summed E-state index contributed by atoms with van der Waals surface area (Å²) in [6.07, 6.45) is 10.2. The molecule has 3 aromatic carbocycles. The van der Waals surface area contributed by atoms with Crippen molar-refractivity contribution in [2.45, 2.75) is 26.2 Å². The average Bonchev–Trinajstić information content (AvgIpc) is 3.10. The molecule has 0 unspecified atom stereocenters. The number of rotatable bonds is 6. The van der Waals surface area contributed by atoms with Gasteiger partial charge in [0.2, 0.25) is 0 Å². The zero-order valence-electron chi connectivity index (χ0n) is 15.2. The minimum atomic E-state index is 0.786. The molecule has 1 nitrogen and oxygen atoms in total. The number of benzene rings is 3. The van der Waals surface area contributed by atoms with Crippen molar-refractivity contribution in [3.05, 3.63) is 83.4 Å². The van der Waals surface area contributed by atoms with Gasteiger partial charge in [-0.15, -0.1) is 0 Å². The lowest BCUT2D eigenvalue weighted by atomic mass is 9.99. The lowest BCUT2D eigenvalue weighted by Crippen LogP contribution is -1.98. The monoisotopic (exact) mass is 340 g/mol. The van der Waals surface area contributed by atoms with Crippen molar-refractivity contribution in [1.29, 1.82) is 0 Å². The molecule has 0 spiro atoms. The summed E-state index contributed by atoms with van der Waals surface area (Å²) in [5, 5.41) is 2.43. The molecule has 0 aromatic heterocycles. The van der Waals surface area contributed by atoms with Crippen LogP contribution >= 0.6 is 0 Å². The van der Waals surface area contributed by atoms with Gasteiger partial charge in [0.05, 0.1) is 6.61 Å². The SMILES string of the molecule is CCCCCOc1ccc(/C=C2\C=Cc3ccccc32)c2ccccc12. The largest absolute Gasteiger partial charge is 0.493 e. The average molecular weight is 340 g/mol. The highest BCUT2D eigenvalue weighted by Crippen LogP contribution is 2.34. The first-order chi connectivity index (χ1) is 12.9. The van der Waals surface area contributed by atoms with Crippen LogP contribution in [0.1, 0.15) is 42.9 Å². The summed E-state index contributed by atoms with van der Waals surface area (Å²) in [5.74, 6) is 0.987. The molecule has 0 saturated heterocycles. The van der Waals surface area contributed by atoms with Gasteiger partial charge in [-0.05, 0) is 46.2 Å². The van der Waals surface area contributed by atoms with E-state index in [1.54, 1.807) is 0 Å². The van der Waals surface area contributed by atoms with E-state index in [1.165, 1.54) is 45.9 Å². The molecular weight excluding hydrogens is 316 g/mol. The fraction of sp³-hybridized carbons (Fsp3) is 0.200. The molecule has 1 aliphatic rings. The van der Waals surface area contributed by atoms with E-state index in [2.05, 4.69) is 85.8 Å². The summed E-state index contributed by atoms with van der Waals surface area (Å²) < 4.78 is 6.07. The fourth-order valence-corrected chi connectivity index (χ4v) is 3.55. The van der Waals surface area contributed by atoms with Crippen molar-refractivity contribution in [3.8, 4) is 5.75 Å². The van der Waals surface area contributed by atoms with Crippen LogP contribution < -0.4 is 4.74 Å². The molecule has 0 radical (unpaired) electrons. The van der Waals surface area contributed by atoms with Crippen LogP contribution in [-0.4, -0.2) is 6.61 Å². The van der Waals surface area contributed by atoms with Gasteiger partial charge in [-0.25, -0.2) is 0 Å². The maximum Gasteiger partial charge on any atom is 0.127 e. The molecule has 0 heterocycles. The van der Waals surface area contributed by atoms with Gasteiger partial charge >= 0.3 is 0 Å². The van der Waals surface area contributed by atoms with Crippen LogP contribution in [0.15, 0.2) is 66.7 Å². The lowest BCUT2D eigenvalue weighted by Gasteiger charge is -2.12. The van der Waals surface area contributed by atoms with Crippen molar-refractivity contribution in [2.75, 3.05) is 6.61 Å². The van der Waals surface area contributed by atoms with Crippen LogP contribution in [0, 0.1) is 0 Å². The number of hydrogen-bond acceptors (Lipinski definition) is 1. The quantitative estimate of drug-likeness (QED) is 0.440. The molecule has 0 amide bonds. The Balaban J connectivity index is 1.69. The molecule has 26 heavy (non-hydrogen) atoms. The third-order valence-electron chi connectivity index (χ3n) is 4.95. The van der Waals surface area contributed by atoms with Gasteiger partial charge in [-0.1, -0.05) is 86.5 Å². The van der Waals surface area contributed by atoms with Gasteiger partial charge in [0.1, 0.15) is 5.75 Å². The van der Waals surface area contributed by atoms with Crippen molar-refractivity contribution >= 4 is 28.5 Å². The molecule has 0 aliphatic heterocycles. The highest BCUT2D eigenvalue weighted by Gasteiger charge is 2.11. The van der Waals surface area contributed by atoms with E-state index < -0.39 is 0 Å². The first kappa shape index (κ1) is 16.7. The standard InChI is InChI=1S/C25H24O/c1-2-3-8-17-26-25-16-15-21(23-11-6-7-12-24(23)25)18-20-14-13-19-9-4-5-10-22(19)20/h4-7,9-16,18H,2-3,8,17H2,1H3/b20-18+. The van der Waals surface area contributed by atoms with E-state index >= 15 is 0 Å². The van der Waals surface area contributed by atoms with Crippen LogP contribution in [0.3, 0.4) is 0 Å². The zero-order valence-corrected chi connectivity index (χ0v) is 15.2. The summed E-state index contributed by atoms with van der Waals surface area (Å²) in [4.78, 5) is 0. The van der Waals surface area contributed by atoms with Crippen LogP contribution in [-0.2, 0) is 0 Å². The third-order valence-corrected chi connectivity index (χ3v) is 4.95. The van der Waals surface area contributed by atoms with Crippen LogP contribution in [0.2, 0.25) is 0 Å². The van der Waals surface area contributed by atoms with E-state index in [0.717, 1.165) is 18.8 Å². The molecule has 4 rings (SSSR count). The van der Waals surface area contributed by atoms with E-state index in [9.17, 15) is 0 Å². The minimum absolute atomic E-state index is 0.786. The molecule has 1 heteroatoms. The van der Waals surface area contributed by atoms with Gasteiger partial charge in [0.25, 0.3) is 0 Å². The van der Waals surface area contributed by atoms with E-state index in [4.69, 9.17) is 4.74 Å². The van der Waals surface area contributed by atoms with Gasteiger partial charge in [-0.3, -0.25) is 0 Å². The van der Waals surface area contributed by atoms with Gasteiger partial charge in [-0.2, -0.15) is 0 Å². The number of fused-ring (bicyclic) bond motifs is 2. The van der Waals surface area contributed by atoms with E-state index in [-0.39, 0.29) is 0 Å². The Morgan fingerprint density at radius 3 is 2.50 bits per heavy atom. The predicted molar refractivity (Wildman–Crippen MR) is 112 cm³/mol. The Hall–Kier alpha value is -2.80. The smallest absolute Gasteiger partial charge is 0.127 e. The highest BCUT2D eigenvalue weighted by molar-refractivity contribution is 6.03. The number of ether oxygens (including phenoxy) is 1. The van der Waals surface area contributed by atoms with Gasteiger partial charge < -0.3 is 4.74 Å². The van der Waals surface area contributed by atoms with Crippen LogP contribution in [0.4, 0.5) is 0 Å². The molecular formula is C25H24O. The van der Waals surface area contributed by atoms with Crippen LogP contribution in [0.25, 0.3) is 28.5 Å². The Morgan fingerprint density at radius 1 is 0.808 bits per heavy atom. The first-order valence-corrected chi connectivity index (χ1v) is 9.50. The molecule has 1 aliphatic carbocycles. The second kappa shape index (κ2) is 7.61. The number of unbranched alkanes of at least 4 members (excludes halogenated alkanes) is 2. The fourth-order valence-electron chi connectivity index (χ4n) is 3.55.